The van der Waals surface area contributed by atoms with E-state index in [-0.39, 0.29) is 0 Å². The molecule has 2 N–H and O–H groups in total. The van der Waals surface area contributed by atoms with Crippen LogP contribution in [-0.4, -0.2) is 15.1 Å². The largest absolute Gasteiger partial charge is 0.377 e. The standard InChI is InChI=1S/C11H12N2O/c1-11(14,10-12-7-8-13-10)9-5-3-2-4-6-9/h2-8,14H,1H3,(H,12,13)/t11-/m1/s1. The molecule has 0 unspecified atom stereocenters. The molecule has 0 bridgehead atoms. The number of nitrogens with one attached hydrogen (secondary N) is 1. The zero-order valence-electron chi connectivity index (χ0n) is 7.94. The molecule has 0 saturated heterocycles. The van der Waals surface area contributed by atoms with Crippen LogP contribution in [0.4, 0.5) is 0 Å². The van der Waals surface area contributed by atoms with Gasteiger partial charge in [-0.15, -0.1) is 0 Å². The molecule has 0 aliphatic rings. The second-order valence-electron chi connectivity index (χ2n) is 3.38. The van der Waals surface area contributed by atoms with Gasteiger partial charge in [-0.2, -0.15) is 0 Å². The summed E-state index contributed by atoms with van der Waals surface area (Å²) in [4.78, 5) is 6.97. The summed E-state index contributed by atoms with van der Waals surface area (Å²) in [5.74, 6) is 0.559. The van der Waals surface area contributed by atoms with Crippen LogP contribution >= 0.6 is 0 Å². The molecule has 3 heteroatoms. The summed E-state index contributed by atoms with van der Waals surface area (Å²) in [7, 11) is 0. The van der Waals surface area contributed by atoms with E-state index in [2.05, 4.69) is 9.97 Å². The van der Waals surface area contributed by atoms with Crippen LogP contribution in [0.2, 0.25) is 0 Å². The summed E-state index contributed by atoms with van der Waals surface area (Å²) >= 11 is 0. The second-order valence-corrected chi connectivity index (χ2v) is 3.38. The Balaban J connectivity index is 2.43. The van der Waals surface area contributed by atoms with Crippen molar-refractivity contribution in [1.82, 2.24) is 9.97 Å². The van der Waals surface area contributed by atoms with Gasteiger partial charge in [-0.25, -0.2) is 4.98 Å². The van der Waals surface area contributed by atoms with Crippen molar-refractivity contribution in [2.45, 2.75) is 12.5 Å². The van der Waals surface area contributed by atoms with Gasteiger partial charge < -0.3 is 10.1 Å². The molecule has 2 aromatic rings. The molecule has 1 aromatic heterocycles. The summed E-state index contributed by atoms with van der Waals surface area (Å²) < 4.78 is 0. The molecule has 3 nitrogen and oxygen atoms in total. The normalized spacial score (nSPS) is 15.0. The van der Waals surface area contributed by atoms with E-state index in [1.54, 1.807) is 19.3 Å². The Morgan fingerprint density at radius 2 is 2.00 bits per heavy atom. The Bertz CT molecular complexity index is 392. The molecular formula is C11H12N2O. The molecular weight excluding hydrogens is 176 g/mol. The minimum atomic E-state index is -1.05. The van der Waals surface area contributed by atoms with Crippen LogP contribution < -0.4 is 0 Å². The van der Waals surface area contributed by atoms with E-state index in [0.717, 1.165) is 5.56 Å². The van der Waals surface area contributed by atoms with E-state index >= 15 is 0 Å². The van der Waals surface area contributed by atoms with Gasteiger partial charge >= 0.3 is 0 Å². The first kappa shape index (κ1) is 8.97. The molecule has 0 saturated carbocycles. The van der Waals surface area contributed by atoms with Crippen LogP contribution in [0.25, 0.3) is 0 Å². The van der Waals surface area contributed by atoms with E-state index in [1.807, 2.05) is 30.3 Å². The lowest BCUT2D eigenvalue weighted by Gasteiger charge is -2.20. The predicted molar refractivity (Wildman–Crippen MR) is 53.7 cm³/mol. The average Bonchev–Trinajstić information content (AvgIpc) is 2.72. The van der Waals surface area contributed by atoms with E-state index in [0.29, 0.717) is 5.82 Å². The Hall–Kier alpha value is -1.61. The SMILES string of the molecule is C[C@@](O)(c1ccccc1)c1ncc[nH]1. The summed E-state index contributed by atoms with van der Waals surface area (Å²) in [5.41, 5.74) is -0.222. The maximum atomic E-state index is 10.3. The Kier molecular flexibility index (Phi) is 2.09. The van der Waals surface area contributed by atoms with Gasteiger partial charge in [0.1, 0.15) is 11.4 Å². The third-order valence-electron chi connectivity index (χ3n) is 2.30. The molecule has 0 fully saturated rings. The highest BCUT2D eigenvalue weighted by molar-refractivity contribution is 5.27. The zero-order valence-corrected chi connectivity index (χ0v) is 7.94. The number of aromatic amines is 1. The lowest BCUT2D eigenvalue weighted by Crippen LogP contribution is -2.24. The summed E-state index contributed by atoms with van der Waals surface area (Å²) in [6, 6.07) is 9.46. The van der Waals surface area contributed by atoms with Gasteiger partial charge in [0, 0.05) is 12.4 Å². The highest BCUT2D eigenvalue weighted by Crippen LogP contribution is 2.25. The van der Waals surface area contributed by atoms with Gasteiger partial charge in [0.15, 0.2) is 0 Å². The van der Waals surface area contributed by atoms with Crippen LogP contribution in [0.1, 0.15) is 18.3 Å². The van der Waals surface area contributed by atoms with Gasteiger partial charge in [0.25, 0.3) is 0 Å². The van der Waals surface area contributed by atoms with Crippen molar-refractivity contribution >= 4 is 0 Å². The molecule has 14 heavy (non-hydrogen) atoms. The lowest BCUT2D eigenvalue weighted by atomic mass is 9.95. The summed E-state index contributed by atoms with van der Waals surface area (Å²) in [6.45, 7) is 1.72. The number of hydrogen-bond acceptors (Lipinski definition) is 2. The van der Waals surface area contributed by atoms with Gasteiger partial charge in [0.2, 0.25) is 0 Å². The first-order valence-corrected chi connectivity index (χ1v) is 4.49. The average molecular weight is 188 g/mol. The van der Waals surface area contributed by atoms with Crippen LogP contribution in [-0.2, 0) is 5.60 Å². The number of rotatable bonds is 2. The Morgan fingerprint density at radius 1 is 1.29 bits per heavy atom. The van der Waals surface area contributed by atoms with Crippen molar-refractivity contribution < 1.29 is 5.11 Å². The molecule has 2 rings (SSSR count). The number of imidazole rings is 1. The minimum absolute atomic E-state index is 0.559. The van der Waals surface area contributed by atoms with Crippen molar-refractivity contribution in [2.75, 3.05) is 0 Å². The van der Waals surface area contributed by atoms with E-state index in [1.165, 1.54) is 0 Å². The first-order chi connectivity index (χ1) is 6.71. The maximum absolute atomic E-state index is 10.3. The van der Waals surface area contributed by atoms with Crippen molar-refractivity contribution in [3.63, 3.8) is 0 Å². The fourth-order valence-electron chi connectivity index (χ4n) is 1.43. The highest BCUT2D eigenvalue weighted by atomic mass is 16.3. The van der Waals surface area contributed by atoms with E-state index in [4.69, 9.17) is 0 Å². The molecule has 0 aliphatic carbocycles. The zero-order chi connectivity index (χ0) is 10.0. The second kappa shape index (κ2) is 3.27. The van der Waals surface area contributed by atoms with Gasteiger partial charge in [-0.3, -0.25) is 0 Å². The van der Waals surface area contributed by atoms with Gasteiger partial charge in [-0.1, -0.05) is 30.3 Å². The number of aromatic nitrogens is 2. The molecule has 0 radical (unpaired) electrons. The van der Waals surface area contributed by atoms with E-state index in [9.17, 15) is 5.11 Å². The van der Waals surface area contributed by atoms with Gasteiger partial charge in [-0.05, 0) is 12.5 Å². The monoisotopic (exact) mass is 188 g/mol. The molecule has 0 spiro atoms. The quantitative estimate of drug-likeness (QED) is 0.753. The third kappa shape index (κ3) is 1.42. The van der Waals surface area contributed by atoms with Crippen molar-refractivity contribution in [3.05, 3.63) is 54.1 Å². The molecule has 72 valence electrons. The molecule has 1 heterocycles. The maximum Gasteiger partial charge on any atom is 0.144 e. The highest BCUT2D eigenvalue weighted by Gasteiger charge is 2.27. The number of hydrogen-bond donors (Lipinski definition) is 2. The molecule has 0 aliphatic heterocycles. The molecule has 1 atom stereocenters. The molecule has 1 aromatic carbocycles. The van der Waals surface area contributed by atoms with Crippen LogP contribution in [0.5, 0.6) is 0 Å². The fraction of sp³-hybridized carbons (Fsp3) is 0.182. The Labute approximate surface area is 82.4 Å². The van der Waals surface area contributed by atoms with Gasteiger partial charge in [0.05, 0.1) is 0 Å². The first-order valence-electron chi connectivity index (χ1n) is 4.49. The number of benzene rings is 1. The molecule has 0 amide bonds. The number of H-pyrrole nitrogens is 1. The number of nitrogens with zero attached hydrogens (tertiary/aromatic N) is 1. The van der Waals surface area contributed by atoms with Crippen LogP contribution in [0.3, 0.4) is 0 Å². The van der Waals surface area contributed by atoms with Crippen LogP contribution in [0, 0.1) is 0 Å². The predicted octanol–water partition coefficient (Wildman–Crippen LogP) is 1.67. The van der Waals surface area contributed by atoms with Crippen LogP contribution in [0.15, 0.2) is 42.7 Å². The van der Waals surface area contributed by atoms with Crippen molar-refractivity contribution in [3.8, 4) is 0 Å². The lowest BCUT2D eigenvalue weighted by molar-refractivity contribution is 0.0932. The minimum Gasteiger partial charge on any atom is -0.377 e. The van der Waals surface area contributed by atoms with E-state index < -0.39 is 5.60 Å². The third-order valence-corrected chi connectivity index (χ3v) is 2.30. The smallest absolute Gasteiger partial charge is 0.144 e. The van der Waals surface area contributed by atoms with Crippen molar-refractivity contribution in [1.29, 1.82) is 0 Å². The topological polar surface area (TPSA) is 48.9 Å². The fourth-order valence-corrected chi connectivity index (χ4v) is 1.43. The number of aliphatic hydroxyl groups is 1. The summed E-state index contributed by atoms with van der Waals surface area (Å²) in [5, 5.41) is 10.3. The Morgan fingerprint density at radius 3 is 2.57 bits per heavy atom. The van der Waals surface area contributed by atoms with Crippen molar-refractivity contribution in [2.24, 2.45) is 0 Å². The summed E-state index contributed by atoms with van der Waals surface area (Å²) in [6.07, 6.45) is 3.33.